The van der Waals surface area contributed by atoms with Crippen molar-refractivity contribution in [3.63, 3.8) is 0 Å². The zero-order valence-corrected chi connectivity index (χ0v) is 11.7. The van der Waals surface area contributed by atoms with E-state index in [9.17, 15) is 4.79 Å². The van der Waals surface area contributed by atoms with Gasteiger partial charge in [-0.05, 0) is 32.0 Å². The van der Waals surface area contributed by atoms with E-state index in [2.05, 4.69) is 4.98 Å². The second kappa shape index (κ2) is 5.04. The van der Waals surface area contributed by atoms with Crippen LogP contribution in [0.3, 0.4) is 0 Å². The molecule has 0 bridgehead atoms. The van der Waals surface area contributed by atoms with Crippen LogP contribution in [0.5, 0.6) is 5.75 Å². The fourth-order valence-electron chi connectivity index (χ4n) is 2.34. The summed E-state index contributed by atoms with van der Waals surface area (Å²) in [5.41, 5.74) is 2.88. The Bertz CT molecular complexity index is 610. The number of aromatic nitrogens is 1. The molecule has 2 aromatic rings. The summed E-state index contributed by atoms with van der Waals surface area (Å²) in [5, 5.41) is 0. The summed E-state index contributed by atoms with van der Waals surface area (Å²) in [4.78, 5) is 17.0. The highest BCUT2D eigenvalue weighted by molar-refractivity contribution is 5.95. The molecule has 20 heavy (non-hydrogen) atoms. The van der Waals surface area contributed by atoms with Crippen molar-refractivity contribution in [2.24, 2.45) is 0 Å². The Labute approximate surface area is 118 Å². The van der Waals surface area contributed by atoms with Gasteiger partial charge >= 0.3 is 0 Å². The molecule has 1 aromatic heterocycles. The summed E-state index contributed by atoms with van der Waals surface area (Å²) in [5.74, 6) is 0.943. The summed E-state index contributed by atoms with van der Waals surface area (Å²) in [6.07, 6.45) is 1.89. The fourth-order valence-corrected chi connectivity index (χ4v) is 2.34. The Balaban J connectivity index is 1.55. The molecule has 0 radical (unpaired) electrons. The maximum absolute atomic E-state index is 12.2. The number of hydrogen-bond donors (Lipinski definition) is 1. The van der Waals surface area contributed by atoms with Crippen LogP contribution in [0.4, 0.5) is 0 Å². The number of aryl methyl sites for hydroxylation is 2. The number of benzene rings is 1. The molecule has 0 saturated carbocycles. The van der Waals surface area contributed by atoms with Gasteiger partial charge in [-0.3, -0.25) is 4.79 Å². The molecule has 1 aromatic carbocycles. The molecule has 0 unspecified atom stereocenters. The first-order chi connectivity index (χ1) is 9.63. The van der Waals surface area contributed by atoms with Crippen LogP contribution in [0.15, 0.2) is 36.5 Å². The van der Waals surface area contributed by atoms with E-state index in [4.69, 9.17) is 4.74 Å². The van der Waals surface area contributed by atoms with Crippen LogP contribution in [-0.2, 0) is 0 Å². The van der Waals surface area contributed by atoms with Crippen molar-refractivity contribution in [1.29, 1.82) is 0 Å². The molecule has 0 aliphatic carbocycles. The Morgan fingerprint density at radius 3 is 2.50 bits per heavy atom. The minimum atomic E-state index is 0.0764. The molecule has 1 aliphatic heterocycles. The molecule has 3 rings (SSSR count). The van der Waals surface area contributed by atoms with Crippen molar-refractivity contribution in [1.82, 2.24) is 9.88 Å². The first-order valence-corrected chi connectivity index (χ1v) is 6.80. The first-order valence-electron chi connectivity index (χ1n) is 6.80. The van der Waals surface area contributed by atoms with Gasteiger partial charge in [-0.25, -0.2) is 0 Å². The number of H-pyrrole nitrogens is 1. The van der Waals surface area contributed by atoms with E-state index in [1.165, 1.54) is 5.56 Å². The normalized spacial score (nSPS) is 15.0. The van der Waals surface area contributed by atoms with Crippen molar-refractivity contribution in [2.45, 2.75) is 20.0 Å². The summed E-state index contributed by atoms with van der Waals surface area (Å²) in [7, 11) is 0. The first kappa shape index (κ1) is 12.8. The molecule has 4 heteroatoms. The molecule has 4 nitrogen and oxygen atoms in total. The van der Waals surface area contributed by atoms with Gasteiger partial charge in [-0.15, -0.1) is 0 Å². The molecule has 0 atom stereocenters. The van der Waals surface area contributed by atoms with Crippen molar-refractivity contribution >= 4 is 5.91 Å². The van der Waals surface area contributed by atoms with E-state index >= 15 is 0 Å². The Hall–Kier alpha value is -2.23. The third-order valence-corrected chi connectivity index (χ3v) is 3.64. The van der Waals surface area contributed by atoms with E-state index in [-0.39, 0.29) is 12.0 Å². The number of amides is 1. The summed E-state index contributed by atoms with van der Waals surface area (Å²) in [6, 6.07) is 9.82. The minimum Gasteiger partial charge on any atom is -0.487 e. The van der Waals surface area contributed by atoms with E-state index in [1.807, 2.05) is 49.1 Å². The van der Waals surface area contributed by atoms with Gasteiger partial charge in [0.2, 0.25) is 0 Å². The summed E-state index contributed by atoms with van der Waals surface area (Å²) < 4.78 is 5.83. The number of ether oxygens (including phenoxy) is 1. The zero-order chi connectivity index (χ0) is 14.1. The second-order valence-electron chi connectivity index (χ2n) is 5.28. The Morgan fingerprint density at radius 1 is 1.20 bits per heavy atom. The lowest BCUT2D eigenvalue weighted by Gasteiger charge is -2.39. The molecule has 104 valence electrons. The van der Waals surface area contributed by atoms with Crippen LogP contribution in [0.1, 0.15) is 21.6 Å². The van der Waals surface area contributed by atoms with E-state index < -0.39 is 0 Å². The van der Waals surface area contributed by atoms with Crippen LogP contribution in [0, 0.1) is 13.8 Å². The average molecular weight is 270 g/mol. The van der Waals surface area contributed by atoms with Crippen LogP contribution in [0.2, 0.25) is 0 Å². The fraction of sp³-hybridized carbons (Fsp3) is 0.312. The van der Waals surface area contributed by atoms with Gasteiger partial charge < -0.3 is 14.6 Å². The van der Waals surface area contributed by atoms with Gasteiger partial charge in [-0.2, -0.15) is 0 Å². The third-order valence-electron chi connectivity index (χ3n) is 3.64. The molecule has 2 heterocycles. The maximum atomic E-state index is 12.2. The van der Waals surface area contributed by atoms with Crippen molar-refractivity contribution in [2.75, 3.05) is 13.1 Å². The topological polar surface area (TPSA) is 45.3 Å². The Morgan fingerprint density at radius 2 is 1.90 bits per heavy atom. The highest BCUT2D eigenvalue weighted by Crippen LogP contribution is 2.21. The standard InChI is InChI=1S/C16H18N2O2/c1-11-3-5-13(6-4-11)20-14-9-18(10-14)16(19)15-7-8-17-12(15)2/h3-8,14,17H,9-10H2,1-2H3. The lowest BCUT2D eigenvalue weighted by atomic mass is 10.1. The SMILES string of the molecule is Cc1ccc(OC2CN(C(=O)c3cc[nH]c3C)C2)cc1. The highest BCUT2D eigenvalue weighted by Gasteiger charge is 2.33. The average Bonchev–Trinajstić information content (AvgIpc) is 2.81. The van der Waals surface area contributed by atoms with Crippen molar-refractivity contribution in [3.05, 3.63) is 53.3 Å². The molecule has 1 amide bonds. The number of carbonyl (C=O) groups is 1. The van der Waals surface area contributed by atoms with Gasteiger partial charge in [0.15, 0.2) is 0 Å². The van der Waals surface area contributed by atoms with Gasteiger partial charge in [0.1, 0.15) is 11.9 Å². The minimum absolute atomic E-state index is 0.0764. The van der Waals surface area contributed by atoms with Gasteiger partial charge in [0.25, 0.3) is 5.91 Å². The molecule has 1 saturated heterocycles. The number of carbonyl (C=O) groups excluding carboxylic acids is 1. The molecular formula is C16H18N2O2. The summed E-state index contributed by atoms with van der Waals surface area (Å²) in [6.45, 7) is 5.26. The van der Waals surface area contributed by atoms with Crippen molar-refractivity contribution in [3.8, 4) is 5.75 Å². The lowest BCUT2D eigenvalue weighted by Crippen LogP contribution is -2.56. The molecule has 0 spiro atoms. The maximum Gasteiger partial charge on any atom is 0.255 e. The van der Waals surface area contributed by atoms with Gasteiger partial charge in [0, 0.05) is 11.9 Å². The predicted octanol–water partition coefficient (Wildman–Crippen LogP) is 2.53. The van der Waals surface area contributed by atoms with E-state index in [0.29, 0.717) is 13.1 Å². The quantitative estimate of drug-likeness (QED) is 0.931. The third kappa shape index (κ3) is 2.41. The largest absolute Gasteiger partial charge is 0.487 e. The number of nitrogens with zero attached hydrogens (tertiary/aromatic N) is 1. The van der Waals surface area contributed by atoms with E-state index in [1.54, 1.807) is 6.20 Å². The number of rotatable bonds is 3. The predicted molar refractivity (Wildman–Crippen MR) is 77.0 cm³/mol. The second-order valence-corrected chi connectivity index (χ2v) is 5.28. The highest BCUT2D eigenvalue weighted by atomic mass is 16.5. The van der Waals surface area contributed by atoms with Crippen molar-refractivity contribution < 1.29 is 9.53 Å². The van der Waals surface area contributed by atoms with Crippen LogP contribution in [0.25, 0.3) is 0 Å². The number of aromatic amines is 1. The zero-order valence-electron chi connectivity index (χ0n) is 11.7. The number of likely N-dealkylation sites (tertiary alicyclic amines) is 1. The molecule has 1 aliphatic rings. The van der Waals surface area contributed by atoms with Crippen LogP contribution in [-0.4, -0.2) is 35.0 Å². The molecule has 1 N–H and O–H groups in total. The number of nitrogens with one attached hydrogen (secondary N) is 1. The van der Waals surface area contributed by atoms with Crippen LogP contribution < -0.4 is 4.74 Å². The Kier molecular flexibility index (Phi) is 3.22. The summed E-state index contributed by atoms with van der Waals surface area (Å²) >= 11 is 0. The number of hydrogen-bond acceptors (Lipinski definition) is 2. The monoisotopic (exact) mass is 270 g/mol. The lowest BCUT2D eigenvalue weighted by molar-refractivity contribution is 0.0177. The van der Waals surface area contributed by atoms with Crippen LogP contribution >= 0.6 is 0 Å². The molecule has 1 fully saturated rings. The van der Waals surface area contributed by atoms with Gasteiger partial charge in [-0.1, -0.05) is 17.7 Å². The smallest absolute Gasteiger partial charge is 0.255 e. The van der Waals surface area contributed by atoms with E-state index in [0.717, 1.165) is 17.0 Å². The van der Waals surface area contributed by atoms with Gasteiger partial charge in [0.05, 0.1) is 18.7 Å². The molecular weight excluding hydrogens is 252 g/mol.